The summed E-state index contributed by atoms with van der Waals surface area (Å²) in [6.45, 7) is 11.1. The third-order valence-electron chi connectivity index (χ3n) is 2.18. The first kappa shape index (κ1) is 11.0. The van der Waals surface area contributed by atoms with Crippen LogP contribution in [0.2, 0.25) is 0 Å². The van der Waals surface area contributed by atoms with Crippen molar-refractivity contribution < 1.29 is 4.79 Å². The van der Waals surface area contributed by atoms with Gasteiger partial charge in [0.15, 0.2) is 6.29 Å². The van der Waals surface area contributed by atoms with Crippen molar-refractivity contribution in [2.45, 2.75) is 41.2 Å². The van der Waals surface area contributed by atoms with Gasteiger partial charge in [0.25, 0.3) is 0 Å². The summed E-state index contributed by atoms with van der Waals surface area (Å²) in [5.41, 5.74) is 2.70. The summed E-state index contributed by atoms with van der Waals surface area (Å²) < 4.78 is 1.92. The van der Waals surface area contributed by atoms with Crippen LogP contribution in [0, 0.1) is 19.3 Å². The van der Waals surface area contributed by atoms with Crippen LogP contribution in [0.15, 0.2) is 0 Å². The molecule has 0 aliphatic rings. The average molecular weight is 194 g/mol. The van der Waals surface area contributed by atoms with Gasteiger partial charge in [-0.05, 0) is 19.3 Å². The molecule has 0 radical (unpaired) electrons. The lowest BCUT2D eigenvalue weighted by Gasteiger charge is -2.18. The first-order valence-corrected chi connectivity index (χ1v) is 4.84. The molecule has 78 valence electrons. The second-order valence-electron chi connectivity index (χ2n) is 4.92. The quantitative estimate of drug-likeness (QED) is 0.677. The summed E-state index contributed by atoms with van der Waals surface area (Å²) in [6, 6.07) is 0. The Hall–Kier alpha value is -1.12. The highest BCUT2D eigenvalue weighted by atomic mass is 16.1. The lowest BCUT2D eigenvalue weighted by Crippen LogP contribution is -2.17. The van der Waals surface area contributed by atoms with Crippen LogP contribution in [0.3, 0.4) is 0 Å². The highest BCUT2D eigenvalue weighted by molar-refractivity contribution is 5.77. The van der Waals surface area contributed by atoms with Gasteiger partial charge >= 0.3 is 0 Å². The number of aldehydes is 1. The Morgan fingerprint density at radius 1 is 1.36 bits per heavy atom. The van der Waals surface area contributed by atoms with Gasteiger partial charge in [0, 0.05) is 12.2 Å². The molecule has 1 rings (SSSR count). The first-order valence-electron chi connectivity index (χ1n) is 4.84. The Bertz CT molecular complexity index is 345. The highest BCUT2D eigenvalue weighted by Gasteiger charge is 2.16. The summed E-state index contributed by atoms with van der Waals surface area (Å²) in [5, 5.41) is 4.35. The molecule has 3 heteroatoms. The zero-order valence-corrected chi connectivity index (χ0v) is 9.59. The van der Waals surface area contributed by atoms with E-state index in [-0.39, 0.29) is 5.41 Å². The molecule has 1 heterocycles. The van der Waals surface area contributed by atoms with E-state index in [9.17, 15) is 4.79 Å². The molecule has 0 amide bonds. The summed E-state index contributed by atoms with van der Waals surface area (Å²) in [6.07, 6.45) is 0.886. The molecule has 0 aromatic carbocycles. The normalized spacial score (nSPS) is 11.8. The van der Waals surface area contributed by atoms with Crippen LogP contribution in [0.4, 0.5) is 0 Å². The third kappa shape index (κ3) is 2.22. The van der Waals surface area contributed by atoms with Crippen LogP contribution in [-0.2, 0) is 6.54 Å². The lowest BCUT2D eigenvalue weighted by molar-refractivity contribution is 0.112. The molecule has 0 aliphatic heterocycles. The maximum Gasteiger partial charge on any atom is 0.153 e. The van der Waals surface area contributed by atoms with Crippen molar-refractivity contribution in [3.8, 4) is 0 Å². The van der Waals surface area contributed by atoms with Gasteiger partial charge in [0.05, 0.1) is 11.3 Å². The van der Waals surface area contributed by atoms with E-state index in [0.717, 1.165) is 29.8 Å². The number of aryl methyl sites for hydroxylation is 1. The van der Waals surface area contributed by atoms with Crippen molar-refractivity contribution in [3.63, 3.8) is 0 Å². The minimum absolute atomic E-state index is 0.184. The molecule has 1 aromatic heterocycles. The Morgan fingerprint density at radius 2 is 1.93 bits per heavy atom. The molecule has 0 spiro atoms. The number of hydrogen-bond acceptors (Lipinski definition) is 2. The summed E-state index contributed by atoms with van der Waals surface area (Å²) in [5.74, 6) is 0. The molecule has 1 aromatic rings. The second kappa shape index (κ2) is 3.56. The van der Waals surface area contributed by atoms with Crippen LogP contribution in [0.25, 0.3) is 0 Å². The van der Waals surface area contributed by atoms with E-state index in [2.05, 4.69) is 25.9 Å². The van der Waals surface area contributed by atoms with Crippen LogP contribution in [-0.4, -0.2) is 16.1 Å². The number of carbonyl (C=O) groups is 1. The number of carbonyl (C=O) groups excluding carboxylic acids is 1. The van der Waals surface area contributed by atoms with Crippen molar-refractivity contribution in [2.75, 3.05) is 0 Å². The molecule has 3 nitrogen and oxygen atoms in total. The van der Waals surface area contributed by atoms with Crippen molar-refractivity contribution in [1.29, 1.82) is 0 Å². The maximum atomic E-state index is 10.8. The van der Waals surface area contributed by atoms with Crippen molar-refractivity contribution in [2.24, 2.45) is 5.41 Å². The molecule has 0 unspecified atom stereocenters. The van der Waals surface area contributed by atoms with Gasteiger partial charge in [-0.3, -0.25) is 9.48 Å². The zero-order valence-electron chi connectivity index (χ0n) is 9.59. The second-order valence-corrected chi connectivity index (χ2v) is 4.92. The van der Waals surface area contributed by atoms with Crippen molar-refractivity contribution >= 4 is 6.29 Å². The van der Waals surface area contributed by atoms with E-state index in [1.165, 1.54) is 0 Å². The van der Waals surface area contributed by atoms with Gasteiger partial charge in [0.2, 0.25) is 0 Å². The van der Waals surface area contributed by atoms with Crippen LogP contribution < -0.4 is 0 Å². The molecule has 0 N–H and O–H groups in total. The van der Waals surface area contributed by atoms with E-state index in [0.29, 0.717) is 0 Å². The minimum atomic E-state index is 0.184. The van der Waals surface area contributed by atoms with Gasteiger partial charge in [-0.1, -0.05) is 20.8 Å². The molecule has 0 saturated carbocycles. The summed E-state index contributed by atoms with van der Waals surface area (Å²) in [4.78, 5) is 10.8. The molecule has 0 bridgehead atoms. The van der Waals surface area contributed by atoms with E-state index in [4.69, 9.17) is 0 Å². The topological polar surface area (TPSA) is 34.9 Å². The van der Waals surface area contributed by atoms with Crippen LogP contribution in [0.5, 0.6) is 0 Å². The number of rotatable bonds is 2. The van der Waals surface area contributed by atoms with E-state index in [1.54, 1.807) is 0 Å². The zero-order chi connectivity index (χ0) is 10.9. The number of nitrogens with zero attached hydrogens (tertiary/aromatic N) is 2. The Kier molecular flexibility index (Phi) is 2.79. The van der Waals surface area contributed by atoms with Crippen molar-refractivity contribution in [1.82, 2.24) is 9.78 Å². The van der Waals surface area contributed by atoms with E-state index >= 15 is 0 Å². The SMILES string of the molecule is Cc1nn(CC(C)(C)C)c(C)c1C=O. The Labute approximate surface area is 85.1 Å². The van der Waals surface area contributed by atoms with E-state index < -0.39 is 0 Å². The maximum absolute atomic E-state index is 10.8. The standard InChI is InChI=1S/C11H18N2O/c1-8-10(6-14)9(2)13(12-8)7-11(3,4)5/h6H,7H2,1-5H3. The summed E-state index contributed by atoms with van der Waals surface area (Å²) >= 11 is 0. The minimum Gasteiger partial charge on any atom is -0.298 e. The average Bonchev–Trinajstić information content (AvgIpc) is 2.24. The Morgan fingerprint density at radius 3 is 2.29 bits per heavy atom. The van der Waals surface area contributed by atoms with Crippen LogP contribution in [0.1, 0.15) is 42.5 Å². The van der Waals surface area contributed by atoms with Gasteiger partial charge in [-0.15, -0.1) is 0 Å². The lowest BCUT2D eigenvalue weighted by atomic mass is 9.97. The smallest absolute Gasteiger partial charge is 0.153 e. The van der Waals surface area contributed by atoms with Gasteiger partial charge in [-0.25, -0.2) is 0 Å². The third-order valence-corrected chi connectivity index (χ3v) is 2.18. The molecule has 0 aliphatic carbocycles. The molecule has 0 saturated heterocycles. The largest absolute Gasteiger partial charge is 0.298 e. The molecule has 14 heavy (non-hydrogen) atoms. The molecular weight excluding hydrogens is 176 g/mol. The Balaban J connectivity index is 3.06. The summed E-state index contributed by atoms with van der Waals surface area (Å²) in [7, 11) is 0. The number of hydrogen-bond donors (Lipinski definition) is 0. The predicted molar refractivity (Wildman–Crippen MR) is 56.5 cm³/mol. The molecule has 0 fully saturated rings. The first-order chi connectivity index (χ1) is 6.35. The van der Waals surface area contributed by atoms with Gasteiger partial charge in [-0.2, -0.15) is 5.10 Å². The molecule has 0 atom stereocenters. The predicted octanol–water partition coefficient (Wildman–Crippen LogP) is 2.36. The van der Waals surface area contributed by atoms with Crippen LogP contribution >= 0.6 is 0 Å². The van der Waals surface area contributed by atoms with Gasteiger partial charge < -0.3 is 0 Å². The number of aromatic nitrogens is 2. The monoisotopic (exact) mass is 194 g/mol. The fourth-order valence-electron chi connectivity index (χ4n) is 1.48. The highest BCUT2D eigenvalue weighted by Crippen LogP contribution is 2.19. The fourth-order valence-corrected chi connectivity index (χ4v) is 1.48. The van der Waals surface area contributed by atoms with E-state index in [1.807, 2.05) is 18.5 Å². The molecular formula is C11H18N2O. The van der Waals surface area contributed by atoms with Gasteiger partial charge in [0.1, 0.15) is 0 Å². The fraction of sp³-hybridized carbons (Fsp3) is 0.636. The van der Waals surface area contributed by atoms with Crippen molar-refractivity contribution in [3.05, 3.63) is 17.0 Å².